The summed E-state index contributed by atoms with van der Waals surface area (Å²) in [5, 5.41) is 17.9. The van der Waals surface area contributed by atoms with E-state index in [2.05, 4.69) is 33.6 Å². The zero-order valence-corrected chi connectivity index (χ0v) is 18.8. The van der Waals surface area contributed by atoms with E-state index < -0.39 is 41.8 Å². The molecule has 0 aliphatic carbocycles. The number of aliphatic carboxylic acids is 1. The molecule has 0 aliphatic rings. The van der Waals surface area contributed by atoms with E-state index in [1.165, 1.54) is 0 Å². The number of thiol groups is 1. The van der Waals surface area contributed by atoms with E-state index in [0.717, 1.165) is 16.5 Å². The molecule has 11 heteroatoms. The van der Waals surface area contributed by atoms with Crippen LogP contribution in [0.3, 0.4) is 0 Å². The molecule has 0 fully saturated rings. The van der Waals surface area contributed by atoms with Crippen LogP contribution in [0.15, 0.2) is 30.5 Å². The van der Waals surface area contributed by atoms with Gasteiger partial charge in [0, 0.05) is 29.3 Å². The molecule has 0 saturated heterocycles. The molecule has 0 aliphatic heterocycles. The van der Waals surface area contributed by atoms with E-state index >= 15 is 0 Å². The van der Waals surface area contributed by atoms with Crippen molar-refractivity contribution in [3.63, 3.8) is 0 Å². The van der Waals surface area contributed by atoms with Crippen molar-refractivity contribution >= 4 is 47.2 Å². The minimum absolute atomic E-state index is 0.0112. The number of para-hydroxylation sites is 1. The third kappa shape index (κ3) is 6.47. The van der Waals surface area contributed by atoms with Crippen molar-refractivity contribution in [2.45, 2.75) is 38.4 Å². The number of nitrogens with two attached hydrogens (primary N) is 1. The number of carbonyl (C=O) groups excluding carboxylic acids is 3. The number of carboxylic acids is 1. The maximum Gasteiger partial charge on any atom is 0.326 e. The van der Waals surface area contributed by atoms with Crippen molar-refractivity contribution in [2.75, 3.05) is 12.3 Å². The number of amides is 3. The van der Waals surface area contributed by atoms with Crippen molar-refractivity contribution < 1.29 is 24.3 Å². The van der Waals surface area contributed by atoms with Gasteiger partial charge in [0.1, 0.15) is 18.1 Å². The second kappa shape index (κ2) is 11.5. The fourth-order valence-corrected chi connectivity index (χ4v) is 3.47. The molecule has 1 heterocycles. The van der Waals surface area contributed by atoms with E-state index in [-0.39, 0.29) is 24.6 Å². The molecule has 3 unspecified atom stereocenters. The van der Waals surface area contributed by atoms with E-state index in [1.807, 2.05) is 24.3 Å². The van der Waals surface area contributed by atoms with E-state index in [4.69, 9.17) is 5.73 Å². The number of rotatable bonds is 11. The summed E-state index contributed by atoms with van der Waals surface area (Å²) in [4.78, 5) is 52.0. The Kier molecular flexibility index (Phi) is 9.09. The number of hydrogen-bond acceptors (Lipinski definition) is 6. The summed E-state index contributed by atoms with van der Waals surface area (Å²) in [7, 11) is 0. The van der Waals surface area contributed by atoms with E-state index in [9.17, 15) is 24.3 Å². The Labute approximate surface area is 191 Å². The molecule has 0 bridgehead atoms. The average Bonchev–Trinajstić information content (AvgIpc) is 3.17. The van der Waals surface area contributed by atoms with Gasteiger partial charge in [-0.25, -0.2) is 4.79 Å². The maximum absolute atomic E-state index is 13.0. The molecule has 0 spiro atoms. The second-order valence-corrected chi connectivity index (χ2v) is 8.07. The molecule has 1 aromatic heterocycles. The molecular formula is C21H29N5O5S. The number of aromatic amines is 1. The van der Waals surface area contributed by atoms with Gasteiger partial charge in [0.05, 0.1) is 6.54 Å². The van der Waals surface area contributed by atoms with Gasteiger partial charge < -0.3 is 31.8 Å². The van der Waals surface area contributed by atoms with Gasteiger partial charge in [0.2, 0.25) is 17.7 Å². The first-order chi connectivity index (χ1) is 15.2. The first kappa shape index (κ1) is 25.2. The van der Waals surface area contributed by atoms with Crippen LogP contribution >= 0.6 is 12.6 Å². The first-order valence-corrected chi connectivity index (χ1v) is 10.8. The highest BCUT2D eigenvalue weighted by atomic mass is 32.1. The van der Waals surface area contributed by atoms with Crippen LogP contribution in [-0.4, -0.2) is 64.2 Å². The van der Waals surface area contributed by atoms with E-state index in [0.29, 0.717) is 0 Å². The predicted octanol–water partition coefficient (Wildman–Crippen LogP) is -0.206. The highest BCUT2D eigenvalue weighted by Crippen LogP contribution is 2.19. The van der Waals surface area contributed by atoms with Gasteiger partial charge in [-0.3, -0.25) is 14.4 Å². The number of nitrogens with one attached hydrogen (secondary N) is 4. The molecule has 2 rings (SSSR count). The molecule has 0 saturated carbocycles. The van der Waals surface area contributed by atoms with Crippen LogP contribution in [0.4, 0.5) is 0 Å². The number of fused-ring (bicyclic) bond motifs is 1. The molecule has 2 aromatic rings. The summed E-state index contributed by atoms with van der Waals surface area (Å²) in [5.41, 5.74) is 6.92. The van der Waals surface area contributed by atoms with Crippen LogP contribution in [0.2, 0.25) is 0 Å². The topological polar surface area (TPSA) is 166 Å². The molecule has 3 amide bonds. The Morgan fingerprint density at radius 3 is 2.31 bits per heavy atom. The fraction of sp³-hybridized carbons (Fsp3) is 0.429. The van der Waals surface area contributed by atoms with Crippen LogP contribution < -0.4 is 21.7 Å². The minimum atomic E-state index is -1.17. The molecule has 3 atom stereocenters. The third-order valence-electron chi connectivity index (χ3n) is 4.98. The van der Waals surface area contributed by atoms with Crippen LogP contribution in [0.5, 0.6) is 0 Å². The third-order valence-corrected chi connectivity index (χ3v) is 5.35. The van der Waals surface area contributed by atoms with Crippen LogP contribution in [0.25, 0.3) is 10.9 Å². The Hall–Kier alpha value is -3.05. The molecular weight excluding hydrogens is 434 g/mol. The second-order valence-electron chi connectivity index (χ2n) is 7.70. The number of carbonyl (C=O) groups is 4. The van der Waals surface area contributed by atoms with Crippen molar-refractivity contribution in [1.82, 2.24) is 20.9 Å². The van der Waals surface area contributed by atoms with Crippen molar-refractivity contribution in [3.8, 4) is 0 Å². The normalized spacial score (nSPS) is 13.9. The molecule has 32 heavy (non-hydrogen) atoms. The molecule has 0 radical (unpaired) electrons. The van der Waals surface area contributed by atoms with Crippen LogP contribution in [0, 0.1) is 5.92 Å². The van der Waals surface area contributed by atoms with Gasteiger partial charge >= 0.3 is 5.97 Å². The Bertz CT molecular complexity index is 976. The summed E-state index contributed by atoms with van der Waals surface area (Å²) in [6, 6.07) is 4.27. The van der Waals surface area contributed by atoms with Gasteiger partial charge in [0.25, 0.3) is 0 Å². The zero-order valence-electron chi connectivity index (χ0n) is 17.9. The number of aromatic nitrogens is 1. The summed E-state index contributed by atoms with van der Waals surface area (Å²) in [6.07, 6.45) is 1.84. The molecule has 7 N–H and O–H groups in total. The minimum Gasteiger partial charge on any atom is -0.480 e. The maximum atomic E-state index is 13.0. The number of benzene rings is 1. The SMILES string of the molecule is CC(C)C(NC(=O)C(Cc1c[nH]c2ccccc12)NC(=O)C(CS)NC(=O)CN)C(=O)O. The summed E-state index contributed by atoms with van der Waals surface area (Å²) in [6.45, 7) is 3.04. The Balaban J connectivity index is 2.28. The smallest absolute Gasteiger partial charge is 0.326 e. The number of hydrogen-bond donors (Lipinski definition) is 7. The van der Waals surface area contributed by atoms with E-state index in [1.54, 1.807) is 20.0 Å². The average molecular weight is 464 g/mol. The standard InChI is InChI=1S/C21H29N5O5S/c1-11(2)18(21(30)31)26-19(28)15(25-20(29)16(10-32)24-17(27)8-22)7-12-9-23-14-6-4-3-5-13(12)14/h3-6,9,11,15-16,18,23,32H,7-8,10,22H2,1-2H3,(H,24,27)(H,25,29)(H,26,28)(H,30,31). The lowest BCUT2D eigenvalue weighted by atomic mass is 10.0. The highest BCUT2D eigenvalue weighted by Gasteiger charge is 2.31. The van der Waals surface area contributed by atoms with Gasteiger partial charge in [-0.2, -0.15) is 12.6 Å². The first-order valence-electron chi connectivity index (χ1n) is 10.2. The monoisotopic (exact) mass is 463 g/mol. The fourth-order valence-electron chi connectivity index (χ4n) is 3.22. The summed E-state index contributed by atoms with van der Waals surface area (Å²) >= 11 is 4.09. The zero-order chi connectivity index (χ0) is 23.8. The van der Waals surface area contributed by atoms with Crippen LogP contribution in [-0.2, 0) is 25.6 Å². The van der Waals surface area contributed by atoms with Gasteiger partial charge in [0.15, 0.2) is 0 Å². The number of carboxylic acid groups (broad SMARTS) is 1. The largest absolute Gasteiger partial charge is 0.480 e. The van der Waals surface area contributed by atoms with Crippen molar-refractivity contribution in [3.05, 3.63) is 36.0 Å². The quantitative estimate of drug-likeness (QED) is 0.228. The van der Waals surface area contributed by atoms with Gasteiger partial charge in [-0.15, -0.1) is 0 Å². The van der Waals surface area contributed by atoms with Crippen LogP contribution in [0.1, 0.15) is 19.4 Å². The molecule has 174 valence electrons. The Morgan fingerprint density at radius 1 is 1.06 bits per heavy atom. The lowest BCUT2D eigenvalue weighted by Crippen LogP contribution is -2.57. The lowest BCUT2D eigenvalue weighted by molar-refractivity contribution is -0.143. The molecule has 1 aromatic carbocycles. The number of H-pyrrole nitrogens is 1. The summed E-state index contributed by atoms with van der Waals surface area (Å²) < 4.78 is 0. The lowest BCUT2D eigenvalue weighted by Gasteiger charge is -2.25. The molecule has 10 nitrogen and oxygen atoms in total. The predicted molar refractivity (Wildman–Crippen MR) is 123 cm³/mol. The summed E-state index contributed by atoms with van der Waals surface area (Å²) in [5.74, 6) is -3.36. The van der Waals surface area contributed by atoms with Crippen molar-refractivity contribution in [2.24, 2.45) is 11.7 Å². The van der Waals surface area contributed by atoms with Crippen molar-refractivity contribution in [1.29, 1.82) is 0 Å². The highest BCUT2D eigenvalue weighted by molar-refractivity contribution is 7.80. The Morgan fingerprint density at radius 2 is 1.72 bits per heavy atom. The van der Waals surface area contributed by atoms with Gasteiger partial charge in [-0.05, 0) is 17.5 Å². The van der Waals surface area contributed by atoms with Gasteiger partial charge in [-0.1, -0.05) is 32.0 Å².